The number of aromatic nitrogens is 1. The molecule has 3 aromatic carbocycles. The highest BCUT2D eigenvalue weighted by Crippen LogP contribution is 2.38. The average Bonchev–Trinajstić information content (AvgIpc) is 3.19. The standard InChI is InChI=1S/C25H18ClNO4/c1-15-22(24(31-27-15)20-9-5-6-10-21(20)25(29)30-2)18-7-3-4-8-19(18)23(28)16-11-13-17(26)14-12-16/h3-14H,1-2H3. The van der Waals surface area contributed by atoms with E-state index in [9.17, 15) is 9.59 Å². The van der Waals surface area contributed by atoms with E-state index in [0.717, 1.165) is 0 Å². The summed E-state index contributed by atoms with van der Waals surface area (Å²) in [5.41, 5.74) is 3.81. The zero-order valence-electron chi connectivity index (χ0n) is 16.9. The van der Waals surface area contributed by atoms with E-state index in [-0.39, 0.29) is 5.78 Å². The van der Waals surface area contributed by atoms with Gasteiger partial charge in [0.05, 0.1) is 23.9 Å². The Bertz CT molecular complexity index is 1270. The van der Waals surface area contributed by atoms with E-state index >= 15 is 0 Å². The Kier molecular flexibility index (Phi) is 5.69. The van der Waals surface area contributed by atoms with Crippen molar-refractivity contribution >= 4 is 23.4 Å². The molecule has 6 heteroatoms. The minimum Gasteiger partial charge on any atom is -0.465 e. The van der Waals surface area contributed by atoms with Gasteiger partial charge in [-0.15, -0.1) is 0 Å². The first kappa shape index (κ1) is 20.6. The number of carbonyl (C=O) groups is 2. The van der Waals surface area contributed by atoms with E-state index in [2.05, 4.69) is 5.16 Å². The number of rotatable bonds is 5. The minimum atomic E-state index is -0.485. The largest absolute Gasteiger partial charge is 0.465 e. The highest BCUT2D eigenvalue weighted by Gasteiger charge is 2.25. The van der Waals surface area contributed by atoms with E-state index in [0.29, 0.717) is 49.9 Å². The van der Waals surface area contributed by atoms with Crippen LogP contribution in [0.2, 0.25) is 5.02 Å². The topological polar surface area (TPSA) is 69.4 Å². The van der Waals surface area contributed by atoms with Crippen LogP contribution in [-0.2, 0) is 4.74 Å². The molecule has 0 aliphatic heterocycles. The van der Waals surface area contributed by atoms with Crippen molar-refractivity contribution in [3.05, 3.63) is 100 Å². The van der Waals surface area contributed by atoms with Crippen molar-refractivity contribution in [1.29, 1.82) is 0 Å². The summed E-state index contributed by atoms with van der Waals surface area (Å²) in [5, 5.41) is 4.68. The van der Waals surface area contributed by atoms with E-state index in [1.165, 1.54) is 7.11 Å². The first-order chi connectivity index (χ1) is 15.0. The SMILES string of the molecule is COC(=O)c1ccccc1-c1onc(C)c1-c1ccccc1C(=O)c1ccc(Cl)cc1. The number of aryl methyl sites for hydroxylation is 1. The molecule has 4 rings (SSSR count). The second-order valence-electron chi connectivity index (χ2n) is 6.89. The highest BCUT2D eigenvalue weighted by molar-refractivity contribution is 6.30. The Morgan fingerprint density at radius 2 is 1.48 bits per heavy atom. The number of benzene rings is 3. The number of hydrogen-bond donors (Lipinski definition) is 0. The Hall–Kier alpha value is -3.70. The van der Waals surface area contributed by atoms with Gasteiger partial charge in [0.15, 0.2) is 11.5 Å². The number of carbonyl (C=O) groups excluding carboxylic acids is 2. The minimum absolute atomic E-state index is 0.153. The maximum Gasteiger partial charge on any atom is 0.338 e. The molecular formula is C25H18ClNO4. The number of hydrogen-bond acceptors (Lipinski definition) is 5. The van der Waals surface area contributed by atoms with E-state index in [1.807, 2.05) is 12.1 Å². The molecule has 5 nitrogen and oxygen atoms in total. The Labute approximate surface area is 184 Å². The van der Waals surface area contributed by atoms with Gasteiger partial charge in [-0.05, 0) is 42.8 Å². The number of ether oxygens (including phenoxy) is 1. The summed E-state index contributed by atoms with van der Waals surface area (Å²) in [7, 11) is 1.33. The van der Waals surface area contributed by atoms with Crippen molar-refractivity contribution in [1.82, 2.24) is 5.16 Å². The molecule has 0 atom stereocenters. The molecule has 0 N–H and O–H groups in total. The molecule has 1 aromatic heterocycles. The Morgan fingerprint density at radius 1 is 0.871 bits per heavy atom. The lowest BCUT2D eigenvalue weighted by molar-refractivity contribution is 0.0601. The number of nitrogens with zero attached hydrogens (tertiary/aromatic N) is 1. The predicted molar refractivity (Wildman–Crippen MR) is 118 cm³/mol. The first-order valence-electron chi connectivity index (χ1n) is 9.55. The van der Waals surface area contributed by atoms with E-state index in [1.54, 1.807) is 67.6 Å². The molecule has 0 fully saturated rings. The predicted octanol–water partition coefficient (Wildman–Crippen LogP) is 5.99. The summed E-state index contributed by atoms with van der Waals surface area (Å²) < 4.78 is 10.6. The summed E-state index contributed by atoms with van der Waals surface area (Å²) in [4.78, 5) is 25.6. The normalized spacial score (nSPS) is 10.7. The molecule has 154 valence electrons. The van der Waals surface area contributed by atoms with Gasteiger partial charge in [-0.2, -0.15) is 0 Å². The van der Waals surface area contributed by atoms with Crippen molar-refractivity contribution in [3.63, 3.8) is 0 Å². The van der Waals surface area contributed by atoms with Crippen molar-refractivity contribution < 1.29 is 18.8 Å². The Morgan fingerprint density at radius 3 is 2.16 bits per heavy atom. The van der Waals surface area contributed by atoms with Crippen LogP contribution in [0.5, 0.6) is 0 Å². The third-order valence-corrected chi connectivity index (χ3v) is 5.24. The molecule has 0 amide bonds. The van der Waals surface area contributed by atoms with Gasteiger partial charge in [0.2, 0.25) is 0 Å². The molecule has 0 bridgehead atoms. The molecule has 0 spiro atoms. The molecule has 4 aromatic rings. The number of methoxy groups -OCH3 is 1. The molecular weight excluding hydrogens is 414 g/mol. The van der Waals surface area contributed by atoms with Gasteiger partial charge in [0.1, 0.15) is 0 Å². The third-order valence-electron chi connectivity index (χ3n) is 4.99. The van der Waals surface area contributed by atoms with E-state index < -0.39 is 5.97 Å². The van der Waals surface area contributed by atoms with Gasteiger partial charge >= 0.3 is 5.97 Å². The molecule has 0 saturated carbocycles. The number of ketones is 1. The fourth-order valence-electron chi connectivity index (χ4n) is 3.50. The summed E-state index contributed by atoms with van der Waals surface area (Å²) >= 11 is 5.97. The third kappa shape index (κ3) is 3.88. The van der Waals surface area contributed by atoms with Crippen LogP contribution in [0.1, 0.15) is 32.0 Å². The summed E-state index contributed by atoms with van der Waals surface area (Å²) in [6.45, 7) is 1.80. The van der Waals surface area contributed by atoms with Crippen molar-refractivity contribution in [2.45, 2.75) is 6.92 Å². The van der Waals surface area contributed by atoms with Gasteiger partial charge in [-0.3, -0.25) is 4.79 Å². The smallest absolute Gasteiger partial charge is 0.338 e. The second-order valence-corrected chi connectivity index (χ2v) is 7.33. The van der Waals surface area contributed by atoms with Crippen LogP contribution in [0.3, 0.4) is 0 Å². The molecule has 0 saturated heterocycles. The molecule has 0 aliphatic carbocycles. The molecule has 0 unspecified atom stereocenters. The fourth-order valence-corrected chi connectivity index (χ4v) is 3.62. The van der Waals surface area contributed by atoms with Gasteiger partial charge in [-0.1, -0.05) is 59.2 Å². The van der Waals surface area contributed by atoms with Crippen LogP contribution in [0, 0.1) is 6.92 Å². The Balaban J connectivity index is 1.90. The van der Waals surface area contributed by atoms with Crippen LogP contribution in [0.25, 0.3) is 22.5 Å². The molecule has 31 heavy (non-hydrogen) atoms. The monoisotopic (exact) mass is 431 g/mol. The zero-order chi connectivity index (χ0) is 22.0. The van der Waals surface area contributed by atoms with Crippen LogP contribution in [0.4, 0.5) is 0 Å². The van der Waals surface area contributed by atoms with Crippen LogP contribution >= 0.6 is 11.6 Å². The lowest BCUT2D eigenvalue weighted by Crippen LogP contribution is -2.05. The van der Waals surface area contributed by atoms with Crippen LogP contribution in [-0.4, -0.2) is 24.0 Å². The lowest BCUT2D eigenvalue weighted by atomic mass is 9.90. The van der Waals surface area contributed by atoms with Gasteiger partial charge < -0.3 is 9.26 Å². The number of esters is 1. The fraction of sp³-hybridized carbons (Fsp3) is 0.0800. The highest BCUT2D eigenvalue weighted by atomic mass is 35.5. The zero-order valence-corrected chi connectivity index (χ0v) is 17.6. The van der Waals surface area contributed by atoms with Crippen LogP contribution in [0.15, 0.2) is 77.3 Å². The summed E-state index contributed by atoms with van der Waals surface area (Å²) in [5.74, 6) is -0.240. The summed E-state index contributed by atoms with van der Waals surface area (Å²) in [6.07, 6.45) is 0. The second kappa shape index (κ2) is 8.58. The van der Waals surface area contributed by atoms with Crippen LogP contribution < -0.4 is 0 Å². The van der Waals surface area contributed by atoms with Crippen molar-refractivity contribution in [2.24, 2.45) is 0 Å². The first-order valence-corrected chi connectivity index (χ1v) is 9.92. The van der Waals surface area contributed by atoms with Gasteiger partial charge in [0, 0.05) is 21.7 Å². The maximum atomic E-state index is 13.3. The molecule has 0 radical (unpaired) electrons. The van der Waals surface area contributed by atoms with Crippen molar-refractivity contribution in [2.75, 3.05) is 7.11 Å². The quantitative estimate of drug-likeness (QED) is 0.287. The molecule has 1 heterocycles. The van der Waals surface area contributed by atoms with Crippen molar-refractivity contribution in [3.8, 4) is 22.5 Å². The maximum absolute atomic E-state index is 13.3. The number of halogens is 1. The lowest BCUT2D eigenvalue weighted by Gasteiger charge is -2.11. The van der Waals surface area contributed by atoms with E-state index in [4.69, 9.17) is 20.9 Å². The van der Waals surface area contributed by atoms with Gasteiger partial charge in [-0.25, -0.2) is 4.79 Å². The molecule has 0 aliphatic rings. The summed E-state index contributed by atoms with van der Waals surface area (Å²) in [6, 6.07) is 21.0. The van der Waals surface area contributed by atoms with Gasteiger partial charge in [0.25, 0.3) is 0 Å². The average molecular weight is 432 g/mol.